The molecular formula is C17H28O2. The summed E-state index contributed by atoms with van der Waals surface area (Å²) >= 11 is 0. The lowest BCUT2D eigenvalue weighted by Crippen LogP contribution is -2.37. The number of rotatable bonds is 7. The molecule has 19 heavy (non-hydrogen) atoms. The third-order valence-corrected chi connectivity index (χ3v) is 3.55. The predicted molar refractivity (Wildman–Crippen MR) is 80.1 cm³/mol. The maximum absolute atomic E-state index is 10.2. The van der Waals surface area contributed by atoms with E-state index in [1.54, 1.807) is 0 Å². The van der Waals surface area contributed by atoms with Crippen molar-refractivity contribution < 1.29 is 9.84 Å². The second-order valence-corrected chi connectivity index (χ2v) is 5.92. The lowest BCUT2D eigenvalue weighted by Gasteiger charge is -2.29. The van der Waals surface area contributed by atoms with E-state index < -0.39 is 6.10 Å². The van der Waals surface area contributed by atoms with E-state index in [0.717, 1.165) is 6.42 Å². The highest BCUT2D eigenvalue weighted by molar-refractivity contribution is 5.21. The summed E-state index contributed by atoms with van der Waals surface area (Å²) in [5.74, 6) is 0.530. The summed E-state index contributed by atoms with van der Waals surface area (Å²) in [6.07, 6.45) is 0.544. The molecule has 1 aromatic carbocycles. The third-order valence-electron chi connectivity index (χ3n) is 3.55. The van der Waals surface area contributed by atoms with Gasteiger partial charge in [-0.3, -0.25) is 0 Å². The van der Waals surface area contributed by atoms with Crippen LogP contribution in [0, 0.1) is 11.8 Å². The highest BCUT2D eigenvalue weighted by Gasteiger charge is 2.25. The summed E-state index contributed by atoms with van der Waals surface area (Å²) in [4.78, 5) is 0. The first kappa shape index (κ1) is 16.2. The Bertz CT molecular complexity index is 354. The van der Waals surface area contributed by atoms with E-state index in [-0.39, 0.29) is 12.0 Å². The molecule has 1 N–H and O–H groups in total. The molecule has 0 saturated carbocycles. The molecule has 0 aromatic heterocycles. The molecule has 1 aromatic rings. The number of aliphatic hydroxyl groups is 1. The smallest absolute Gasteiger partial charge is 0.0863 e. The van der Waals surface area contributed by atoms with Gasteiger partial charge in [0.2, 0.25) is 0 Å². The first-order valence-electron chi connectivity index (χ1n) is 7.33. The van der Waals surface area contributed by atoms with Crippen LogP contribution in [-0.4, -0.2) is 17.3 Å². The van der Waals surface area contributed by atoms with Crippen molar-refractivity contribution >= 4 is 0 Å². The normalized spacial score (nSPS) is 14.9. The Morgan fingerprint density at radius 2 is 1.47 bits per heavy atom. The number of aliphatic hydroxyl groups excluding tert-OH is 1. The van der Waals surface area contributed by atoms with Gasteiger partial charge in [-0.05, 0) is 29.4 Å². The van der Waals surface area contributed by atoms with Crippen LogP contribution in [0.25, 0.3) is 0 Å². The topological polar surface area (TPSA) is 29.5 Å². The lowest BCUT2D eigenvalue weighted by atomic mass is 9.94. The zero-order valence-corrected chi connectivity index (χ0v) is 12.9. The number of hydrogen-bond acceptors (Lipinski definition) is 2. The number of aryl methyl sites for hydroxylation is 1. The third kappa shape index (κ3) is 4.96. The second kappa shape index (κ2) is 7.66. The van der Waals surface area contributed by atoms with Gasteiger partial charge in [-0.25, -0.2) is 0 Å². The Balaban J connectivity index is 2.60. The van der Waals surface area contributed by atoms with Gasteiger partial charge in [-0.1, -0.05) is 58.9 Å². The Kier molecular flexibility index (Phi) is 6.53. The maximum atomic E-state index is 10.2. The van der Waals surface area contributed by atoms with Crippen LogP contribution in [0.1, 0.15) is 45.7 Å². The number of hydrogen-bond donors (Lipinski definition) is 1. The summed E-state index contributed by atoms with van der Waals surface area (Å²) < 4.78 is 5.94. The van der Waals surface area contributed by atoms with Crippen molar-refractivity contribution in [2.24, 2.45) is 11.8 Å². The molecule has 0 saturated heterocycles. The average Bonchev–Trinajstić information content (AvgIpc) is 2.39. The molecule has 108 valence electrons. The molecule has 0 radical (unpaired) electrons. The molecule has 0 spiro atoms. The van der Waals surface area contributed by atoms with E-state index >= 15 is 0 Å². The molecular weight excluding hydrogens is 236 g/mol. The zero-order chi connectivity index (χ0) is 14.4. The van der Waals surface area contributed by atoms with E-state index in [0.29, 0.717) is 12.5 Å². The molecule has 0 amide bonds. The van der Waals surface area contributed by atoms with Gasteiger partial charge in [0, 0.05) is 0 Å². The predicted octanol–water partition coefficient (Wildman–Crippen LogP) is 3.81. The van der Waals surface area contributed by atoms with Gasteiger partial charge in [0.15, 0.2) is 0 Å². The molecule has 0 unspecified atom stereocenters. The van der Waals surface area contributed by atoms with Crippen molar-refractivity contribution in [2.45, 2.75) is 59.9 Å². The SMILES string of the molecule is CCc1ccc(CO[C@@H](C(C)C)[C@H](O)C(C)C)cc1. The molecule has 0 heterocycles. The fraction of sp³-hybridized carbons (Fsp3) is 0.647. The number of benzene rings is 1. The van der Waals surface area contributed by atoms with E-state index in [4.69, 9.17) is 4.74 Å². The molecule has 0 bridgehead atoms. The highest BCUT2D eigenvalue weighted by atomic mass is 16.5. The molecule has 2 atom stereocenters. The average molecular weight is 264 g/mol. The minimum absolute atomic E-state index is 0.106. The first-order valence-corrected chi connectivity index (χ1v) is 7.33. The van der Waals surface area contributed by atoms with Crippen LogP contribution in [0.4, 0.5) is 0 Å². The van der Waals surface area contributed by atoms with Gasteiger partial charge < -0.3 is 9.84 Å². The molecule has 0 aliphatic heterocycles. The van der Waals surface area contributed by atoms with Crippen LogP contribution in [-0.2, 0) is 17.8 Å². The van der Waals surface area contributed by atoms with Crippen LogP contribution in [0.3, 0.4) is 0 Å². The van der Waals surface area contributed by atoms with Crippen LogP contribution >= 0.6 is 0 Å². The number of ether oxygens (including phenoxy) is 1. The minimum Gasteiger partial charge on any atom is -0.390 e. The first-order chi connectivity index (χ1) is 8.95. The van der Waals surface area contributed by atoms with Gasteiger partial charge in [-0.2, -0.15) is 0 Å². The zero-order valence-electron chi connectivity index (χ0n) is 12.9. The molecule has 2 heteroatoms. The van der Waals surface area contributed by atoms with Crippen molar-refractivity contribution in [3.8, 4) is 0 Å². The van der Waals surface area contributed by atoms with E-state index in [1.807, 2.05) is 13.8 Å². The van der Waals surface area contributed by atoms with Crippen molar-refractivity contribution in [3.63, 3.8) is 0 Å². The fourth-order valence-electron chi connectivity index (χ4n) is 2.13. The molecule has 2 nitrogen and oxygen atoms in total. The Morgan fingerprint density at radius 3 is 1.89 bits per heavy atom. The monoisotopic (exact) mass is 264 g/mol. The van der Waals surface area contributed by atoms with Crippen LogP contribution in [0.15, 0.2) is 24.3 Å². The van der Waals surface area contributed by atoms with Crippen molar-refractivity contribution in [1.82, 2.24) is 0 Å². The molecule has 1 rings (SSSR count). The molecule has 0 fully saturated rings. The van der Waals surface area contributed by atoms with Gasteiger partial charge >= 0.3 is 0 Å². The van der Waals surface area contributed by atoms with Crippen molar-refractivity contribution in [3.05, 3.63) is 35.4 Å². The van der Waals surface area contributed by atoms with Gasteiger partial charge in [0.1, 0.15) is 0 Å². The fourth-order valence-corrected chi connectivity index (χ4v) is 2.13. The minimum atomic E-state index is -0.407. The maximum Gasteiger partial charge on any atom is 0.0863 e. The summed E-state index contributed by atoms with van der Waals surface area (Å²) in [7, 11) is 0. The molecule has 0 aliphatic rings. The Morgan fingerprint density at radius 1 is 0.947 bits per heavy atom. The van der Waals surface area contributed by atoms with E-state index in [2.05, 4.69) is 45.0 Å². The standard InChI is InChI=1S/C17H28O2/c1-6-14-7-9-15(10-8-14)11-19-17(13(4)5)16(18)12(2)3/h7-10,12-13,16-18H,6,11H2,1-5H3/t16-,17+/m1/s1. The van der Waals surface area contributed by atoms with Crippen LogP contribution in [0.5, 0.6) is 0 Å². The van der Waals surface area contributed by atoms with Crippen LogP contribution < -0.4 is 0 Å². The Hall–Kier alpha value is -0.860. The summed E-state index contributed by atoms with van der Waals surface area (Å²) in [6.45, 7) is 11.0. The second-order valence-electron chi connectivity index (χ2n) is 5.92. The quantitative estimate of drug-likeness (QED) is 0.811. The lowest BCUT2D eigenvalue weighted by molar-refractivity contribution is -0.0853. The Labute approximate surface area is 117 Å². The summed E-state index contributed by atoms with van der Waals surface area (Å²) in [6, 6.07) is 8.50. The highest BCUT2D eigenvalue weighted by Crippen LogP contribution is 2.19. The van der Waals surface area contributed by atoms with E-state index in [9.17, 15) is 5.11 Å². The summed E-state index contributed by atoms with van der Waals surface area (Å²) in [5.41, 5.74) is 2.50. The van der Waals surface area contributed by atoms with Crippen molar-refractivity contribution in [2.75, 3.05) is 0 Å². The molecule has 0 aliphatic carbocycles. The van der Waals surface area contributed by atoms with Gasteiger partial charge in [0.05, 0.1) is 18.8 Å². The van der Waals surface area contributed by atoms with E-state index in [1.165, 1.54) is 11.1 Å². The summed E-state index contributed by atoms with van der Waals surface area (Å²) in [5, 5.41) is 10.2. The van der Waals surface area contributed by atoms with Crippen LogP contribution in [0.2, 0.25) is 0 Å². The van der Waals surface area contributed by atoms with Gasteiger partial charge in [-0.15, -0.1) is 0 Å². The van der Waals surface area contributed by atoms with Crippen molar-refractivity contribution in [1.29, 1.82) is 0 Å². The van der Waals surface area contributed by atoms with Gasteiger partial charge in [0.25, 0.3) is 0 Å². The largest absolute Gasteiger partial charge is 0.390 e.